The first-order valence-corrected chi connectivity index (χ1v) is 9.92. The zero-order valence-corrected chi connectivity index (χ0v) is 16.6. The van der Waals surface area contributed by atoms with E-state index in [2.05, 4.69) is 10.8 Å². The summed E-state index contributed by atoms with van der Waals surface area (Å²) >= 11 is 0. The summed E-state index contributed by atoms with van der Waals surface area (Å²) < 4.78 is 34.1. The second kappa shape index (κ2) is 7.58. The standard InChI is InChI=1S/C20H27NO3S/c1-7-18(17-9-8-13(2)10-14(17)3)21-25(22,23)20-12-15(4)19(24-6)11-16(20)5/h8-12,18,21H,7H2,1-6H3/t18-/m0/s1. The van der Waals surface area contributed by atoms with Crippen molar-refractivity contribution in [3.8, 4) is 5.75 Å². The van der Waals surface area contributed by atoms with Gasteiger partial charge in [-0.15, -0.1) is 0 Å². The van der Waals surface area contributed by atoms with Crippen LogP contribution in [0.3, 0.4) is 0 Å². The lowest BCUT2D eigenvalue weighted by Gasteiger charge is -2.21. The maximum absolute atomic E-state index is 13.0. The number of methoxy groups -OCH3 is 1. The molecule has 0 aromatic heterocycles. The molecule has 0 aliphatic rings. The predicted molar refractivity (Wildman–Crippen MR) is 102 cm³/mol. The second-order valence-corrected chi connectivity index (χ2v) is 8.21. The van der Waals surface area contributed by atoms with Crippen molar-refractivity contribution in [3.63, 3.8) is 0 Å². The Kier molecular flexibility index (Phi) is 5.91. The van der Waals surface area contributed by atoms with Crippen molar-refractivity contribution >= 4 is 10.0 Å². The molecule has 2 aromatic rings. The number of hydrogen-bond donors (Lipinski definition) is 1. The number of ether oxygens (including phenoxy) is 1. The van der Waals surface area contributed by atoms with Crippen LogP contribution >= 0.6 is 0 Å². The van der Waals surface area contributed by atoms with Crippen LogP contribution in [-0.2, 0) is 10.0 Å². The van der Waals surface area contributed by atoms with Crippen LogP contribution in [0.1, 0.15) is 47.2 Å². The van der Waals surface area contributed by atoms with Gasteiger partial charge in [0.05, 0.1) is 12.0 Å². The molecule has 0 aliphatic carbocycles. The Balaban J connectivity index is 2.41. The molecule has 0 heterocycles. The van der Waals surface area contributed by atoms with Gasteiger partial charge < -0.3 is 4.74 Å². The monoisotopic (exact) mass is 361 g/mol. The Hall–Kier alpha value is -1.85. The van der Waals surface area contributed by atoms with E-state index in [0.717, 1.165) is 16.7 Å². The summed E-state index contributed by atoms with van der Waals surface area (Å²) in [5, 5.41) is 0. The zero-order chi connectivity index (χ0) is 18.8. The van der Waals surface area contributed by atoms with Crippen molar-refractivity contribution in [1.29, 1.82) is 0 Å². The Labute approximate surface area is 151 Å². The fourth-order valence-corrected chi connectivity index (χ4v) is 4.72. The van der Waals surface area contributed by atoms with E-state index in [1.165, 1.54) is 5.56 Å². The summed E-state index contributed by atoms with van der Waals surface area (Å²) in [6, 6.07) is 9.28. The van der Waals surface area contributed by atoms with E-state index in [9.17, 15) is 8.42 Å². The topological polar surface area (TPSA) is 55.4 Å². The first-order valence-electron chi connectivity index (χ1n) is 8.44. The summed E-state index contributed by atoms with van der Waals surface area (Å²) in [6.07, 6.45) is 0.678. The van der Waals surface area contributed by atoms with Gasteiger partial charge in [-0.25, -0.2) is 13.1 Å². The number of hydrogen-bond acceptors (Lipinski definition) is 3. The SMILES string of the molecule is CC[C@H](NS(=O)(=O)c1cc(C)c(OC)cc1C)c1ccc(C)cc1C. The molecule has 136 valence electrons. The molecule has 0 spiro atoms. The van der Waals surface area contributed by atoms with Gasteiger partial charge >= 0.3 is 0 Å². The number of benzene rings is 2. The minimum absolute atomic E-state index is 0.257. The average molecular weight is 362 g/mol. The van der Waals surface area contributed by atoms with E-state index in [1.54, 1.807) is 26.2 Å². The van der Waals surface area contributed by atoms with Crippen LogP contribution in [0.25, 0.3) is 0 Å². The molecule has 1 N–H and O–H groups in total. The van der Waals surface area contributed by atoms with Crippen molar-refractivity contribution in [1.82, 2.24) is 4.72 Å². The molecule has 0 unspecified atom stereocenters. The van der Waals surface area contributed by atoms with Crippen molar-refractivity contribution in [2.24, 2.45) is 0 Å². The third-order valence-electron chi connectivity index (χ3n) is 4.49. The molecular weight excluding hydrogens is 334 g/mol. The van der Waals surface area contributed by atoms with Crippen LogP contribution in [-0.4, -0.2) is 15.5 Å². The van der Waals surface area contributed by atoms with Gasteiger partial charge in [0.25, 0.3) is 0 Å². The van der Waals surface area contributed by atoms with E-state index >= 15 is 0 Å². The summed E-state index contributed by atoms with van der Waals surface area (Å²) in [7, 11) is -2.05. The highest BCUT2D eigenvalue weighted by Gasteiger charge is 2.24. The lowest BCUT2D eigenvalue weighted by atomic mass is 9.98. The number of sulfonamides is 1. The second-order valence-electron chi connectivity index (χ2n) is 6.53. The largest absolute Gasteiger partial charge is 0.496 e. The minimum atomic E-state index is -3.63. The van der Waals surface area contributed by atoms with Crippen molar-refractivity contribution in [2.45, 2.75) is 52.0 Å². The number of rotatable bonds is 6. The van der Waals surface area contributed by atoms with E-state index in [-0.39, 0.29) is 6.04 Å². The van der Waals surface area contributed by atoms with Crippen molar-refractivity contribution in [3.05, 3.63) is 58.1 Å². The molecular formula is C20H27NO3S. The van der Waals surface area contributed by atoms with Crippen LogP contribution in [0.2, 0.25) is 0 Å². The fraction of sp³-hybridized carbons (Fsp3) is 0.400. The molecule has 25 heavy (non-hydrogen) atoms. The van der Waals surface area contributed by atoms with Crippen LogP contribution in [0.5, 0.6) is 5.75 Å². The van der Waals surface area contributed by atoms with Crippen molar-refractivity contribution < 1.29 is 13.2 Å². The average Bonchev–Trinajstić information content (AvgIpc) is 2.54. The first-order chi connectivity index (χ1) is 11.7. The molecule has 4 nitrogen and oxygen atoms in total. The van der Waals surface area contributed by atoms with E-state index < -0.39 is 10.0 Å². The summed E-state index contributed by atoms with van der Waals surface area (Å²) in [6.45, 7) is 9.67. The molecule has 0 saturated carbocycles. The van der Waals surface area contributed by atoms with E-state index in [4.69, 9.17) is 4.74 Å². The first kappa shape index (κ1) is 19.5. The molecule has 0 fully saturated rings. The predicted octanol–water partition coefficient (Wildman–Crippen LogP) is 4.36. The molecule has 2 aromatic carbocycles. The van der Waals surface area contributed by atoms with Crippen LogP contribution in [0.15, 0.2) is 35.2 Å². The van der Waals surface area contributed by atoms with Gasteiger partial charge in [-0.1, -0.05) is 30.7 Å². The minimum Gasteiger partial charge on any atom is -0.496 e. The van der Waals surface area contributed by atoms with Gasteiger partial charge in [0, 0.05) is 6.04 Å². The van der Waals surface area contributed by atoms with Crippen LogP contribution in [0.4, 0.5) is 0 Å². The van der Waals surface area contributed by atoms with Crippen LogP contribution < -0.4 is 9.46 Å². The Morgan fingerprint density at radius 1 is 1.00 bits per heavy atom. The lowest BCUT2D eigenvalue weighted by molar-refractivity contribution is 0.411. The maximum Gasteiger partial charge on any atom is 0.241 e. The Bertz CT molecular complexity index is 873. The highest BCUT2D eigenvalue weighted by Crippen LogP contribution is 2.28. The smallest absolute Gasteiger partial charge is 0.241 e. The lowest BCUT2D eigenvalue weighted by Crippen LogP contribution is -2.29. The maximum atomic E-state index is 13.0. The third-order valence-corrected chi connectivity index (χ3v) is 6.10. The highest BCUT2D eigenvalue weighted by molar-refractivity contribution is 7.89. The molecule has 0 radical (unpaired) electrons. The van der Waals surface area contributed by atoms with Gasteiger partial charge in [-0.3, -0.25) is 0 Å². The highest BCUT2D eigenvalue weighted by atomic mass is 32.2. The summed E-state index contributed by atoms with van der Waals surface area (Å²) in [5.41, 5.74) is 4.75. The third kappa shape index (κ3) is 4.22. The molecule has 1 atom stereocenters. The zero-order valence-electron chi connectivity index (χ0n) is 15.8. The van der Waals surface area contributed by atoms with E-state index in [1.807, 2.05) is 39.8 Å². The van der Waals surface area contributed by atoms with Gasteiger partial charge in [0.2, 0.25) is 10.0 Å². The summed E-state index contributed by atoms with van der Waals surface area (Å²) in [5.74, 6) is 0.692. The van der Waals surface area contributed by atoms with Gasteiger partial charge in [0.1, 0.15) is 5.75 Å². The van der Waals surface area contributed by atoms with Gasteiger partial charge in [0.15, 0.2) is 0 Å². The number of nitrogens with one attached hydrogen (secondary N) is 1. The molecule has 0 amide bonds. The van der Waals surface area contributed by atoms with Crippen LogP contribution in [0, 0.1) is 27.7 Å². The Morgan fingerprint density at radius 2 is 1.68 bits per heavy atom. The van der Waals surface area contributed by atoms with Crippen molar-refractivity contribution in [2.75, 3.05) is 7.11 Å². The van der Waals surface area contributed by atoms with E-state index in [0.29, 0.717) is 22.6 Å². The molecule has 2 rings (SSSR count). The normalized spacial score (nSPS) is 12.9. The van der Waals surface area contributed by atoms with Gasteiger partial charge in [-0.05, 0) is 68.5 Å². The molecule has 0 saturated heterocycles. The van der Waals surface area contributed by atoms with Gasteiger partial charge in [-0.2, -0.15) is 0 Å². The molecule has 0 bridgehead atoms. The molecule has 0 aliphatic heterocycles. The fourth-order valence-electron chi connectivity index (χ4n) is 3.11. The summed E-state index contributed by atoms with van der Waals surface area (Å²) in [4.78, 5) is 0.300. The number of aryl methyl sites for hydroxylation is 4. The molecule has 5 heteroatoms. The Morgan fingerprint density at radius 3 is 2.24 bits per heavy atom. The quantitative estimate of drug-likeness (QED) is 0.832.